The van der Waals surface area contributed by atoms with Crippen molar-refractivity contribution in [3.63, 3.8) is 0 Å². The second-order valence-electron chi connectivity index (χ2n) is 4.29. The Morgan fingerprint density at radius 1 is 0.900 bits per heavy atom. The SMILES string of the molecule is Clc1cccc(Cl)c1NCc1sc2ccccc2c1Cl. The highest BCUT2D eigenvalue weighted by Crippen LogP contribution is 2.37. The van der Waals surface area contributed by atoms with Gasteiger partial charge in [-0.1, -0.05) is 59.1 Å². The number of para-hydroxylation sites is 1. The van der Waals surface area contributed by atoms with E-state index in [9.17, 15) is 0 Å². The molecule has 0 bridgehead atoms. The van der Waals surface area contributed by atoms with Crippen molar-refractivity contribution in [2.75, 3.05) is 5.32 Å². The second-order valence-corrected chi connectivity index (χ2v) is 6.61. The van der Waals surface area contributed by atoms with Crippen LogP contribution in [-0.2, 0) is 6.54 Å². The minimum atomic E-state index is 0.599. The zero-order chi connectivity index (χ0) is 14.1. The van der Waals surface area contributed by atoms with Gasteiger partial charge in [0.1, 0.15) is 0 Å². The minimum absolute atomic E-state index is 0.599. The summed E-state index contributed by atoms with van der Waals surface area (Å²) in [6, 6.07) is 13.5. The topological polar surface area (TPSA) is 12.0 Å². The number of halogens is 3. The Kier molecular flexibility index (Phi) is 4.08. The summed E-state index contributed by atoms with van der Waals surface area (Å²) in [4.78, 5) is 1.07. The number of hydrogen-bond acceptors (Lipinski definition) is 2. The monoisotopic (exact) mass is 341 g/mol. The molecule has 0 aliphatic rings. The van der Waals surface area contributed by atoms with Gasteiger partial charge in [-0.25, -0.2) is 0 Å². The maximum absolute atomic E-state index is 6.41. The summed E-state index contributed by atoms with van der Waals surface area (Å²) in [5.74, 6) is 0. The third-order valence-corrected chi connectivity index (χ3v) is 5.33. The summed E-state index contributed by atoms with van der Waals surface area (Å²) in [5, 5.41) is 6.35. The summed E-state index contributed by atoms with van der Waals surface area (Å²) >= 11 is 20.4. The van der Waals surface area contributed by atoms with Crippen LogP contribution in [0.15, 0.2) is 42.5 Å². The summed E-state index contributed by atoms with van der Waals surface area (Å²) in [6.45, 7) is 0.599. The molecule has 1 N–H and O–H groups in total. The average molecular weight is 343 g/mol. The van der Waals surface area contributed by atoms with Gasteiger partial charge in [0.15, 0.2) is 0 Å². The molecular formula is C15H10Cl3NS. The first-order chi connectivity index (χ1) is 9.66. The zero-order valence-corrected chi connectivity index (χ0v) is 13.4. The number of rotatable bonds is 3. The molecule has 0 radical (unpaired) electrons. The van der Waals surface area contributed by atoms with E-state index >= 15 is 0 Å². The number of thiophene rings is 1. The van der Waals surface area contributed by atoms with Crippen LogP contribution >= 0.6 is 46.1 Å². The molecule has 0 fully saturated rings. The van der Waals surface area contributed by atoms with Gasteiger partial charge >= 0.3 is 0 Å². The predicted molar refractivity (Wildman–Crippen MR) is 90.6 cm³/mol. The van der Waals surface area contributed by atoms with Crippen molar-refractivity contribution in [3.05, 3.63) is 62.4 Å². The van der Waals surface area contributed by atoms with E-state index in [0.29, 0.717) is 16.6 Å². The Morgan fingerprint density at radius 2 is 1.60 bits per heavy atom. The Balaban J connectivity index is 1.89. The zero-order valence-electron chi connectivity index (χ0n) is 10.3. The number of fused-ring (bicyclic) bond motifs is 1. The van der Waals surface area contributed by atoms with Crippen LogP contribution in [0.4, 0.5) is 5.69 Å². The molecule has 1 aromatic heterocycles. The van der Waals surface area contributed by atoms with Crippen LogP contribution in [0.3, 0.4) is 0 Å². The van der Waals surface area contributed by atoms with Crippen LogP contribution in [0.2, 0.25) is 15.1 Å². The van der Waals surface area contributed by atoms with Crippen LogP contribution in [0.1, 0.15) is 4.88 Å². The van der Waals surface area contributed by atoms with Gasteiger partial charge in [-0.15, -0.1) is 11.3 Å². The molecular weight excluding hydrogens is 333 g/mol. The molecule has 3 rings (SSSR count). The highest BCUT2D eigenvalue weighted by Gasteiger charge is 2.11. The Morgan fingerprint density at radius 3 is 2.30 bits per heavy atom. The smallest absolute Gasteiger partial charge is 0.0721 e. The van der Waals surface area contributed by atoms with Crippen molar-refractivity contribution < 1.29 is 0 Å². The molecule has 1 heterocycles. The molecule has 3 aromatic rings. The lowest BCUT2D eigenvalue weighted by atomic mass is 10.2. The Hall–Kier alpha value is -0.930. The molecule has 20 heavy (non-hydrogen) atoms. The number of nitrogens with one attached hydrogen (secondary N) is 1. The molecule has 102 valence electrons. The van der Waals surface area contributed by atoms with Crippen LogP contribution < -0.4 is 5.32 Å². The fourth-order valence-electron chi connectivity index (χ4n) is 2.01. The molecule has 0 atom stereocenters. The van der Waals surface area contributed by atoms with Crippen LogP contribution in [0.5, 0.6) is 0 Å². The molecule has 2 aromatic carbocycles. The number of anilines is 1. The van der Waals surface area contributed by atoms with Crippen molar-refractivity contribution in [3.8, 4) is 0 Å². The standard InChI is InChI=1S/C15H10Cl3NS/c16-10-5-3-6-11(17)15(10)19-8-13-14(18)9-4-1-2-7-12(9)20-13/h1-7,19H,8H2. The van der Waals surface area contributed by atoms with Crippen molar-refractivity contribution in [1.82, 2.24) is 0 Å². The second kappa shape index (κ2) is 5.82. The quantitative estimate of drug-likeness (QED) is 0.575. The first kappa shape index (κ1) is 14.0. The van der Waals surface area contributed by atoms with E-state index in [2.05, 4.69) is 11.4 Å². The fraction of sp³-hybridized carbons (Fsp3) is 0.0667. The lowest BCUT2D eigenvalue weighted by Gasteiger charge is -2.09. The van der Waals surface area contributed by atoms with E-state index in [1.165, 1.54) is 4.70 Å². The Bertz CT molecular complexity index is 747. The minimum Gasteiger partial charge on any atom is -0.378 e. The van der Waals surface area contributed by atoms with Crippen molar-refractivity contribution >= 4 is 61.9 Å². The molecule has 0 unspecified atom stereocenters. The number of hydrogen-bond donors (Lipinski definition) is 1. The highest BCUT2D eigenvalue weighted by atomic mass is 35.5. The van der Waals surface area contributed by atoms with Gasteiger partial charge in [0.25, 0.3) is 0 Å². The van der Waals surface area contributed by atoms with Gasteiger partial charge in [0.05, 0.1) is 27.3 Å². The van der Waals surface area contributed by atoms with Crippen molar-refractivity contribution in [1.29, 1.82) is 0 Å². The molecule has 0 amide bonds. The van der Waals surface area contributed by atoms with Gasteiger partial charge in [-0.05, 0) is 18.2 Å². The van der Waals surface area contributed by atoms with E-state index < -0.39 is 0 Å². The molecule has 1 nitrogen and oxygen atoms in total. The highest BCUT2D eigenvalue weighted by molar-refractivity contribution is 7.19. The first-order valence-corrected chi connectivity index (χ1v) is 7.95. The van der Waals surface area contributed by atoms with E-state index in [1.54, 1.807) is 11.3 Å². The van der Waals surface area contributed by atoms with Gasteiger partial charge in [-0.3, -0.25) is 0 Å². The van der Waals surface area contributed by atoms with E-state index in [4.69, 9.17) is 34.8 Å². The lowest BCUT2D eigenvalue weighted by Crippen LogP contribution is -1.99. The molecule has 0 spiro atoms. The van der Waals surface area contributed by atoms with E-state index in [1.807, 2.05) is 36.4 Å². The number of benzene rings is 2. The van der Waals surface area contributed by atoms with Crippen molar-refractivity contribution in [2.24, 2.45) is 0 Å². The third kappa shape index (κ3) is 2.61. The fourth-order valence-corrected chi connectivity index (χ4v) is 3.98. The molecule has 5 heteroatoms. The predicted octanol–water partition coefficient (Wildman–Crippen LogP) is 6.47. The van der Waals surface area contributed by atoms with E-state index in [-0.39, 0.29) is 0 Å². The maximum atomic E-state index is 6.41. The van der Waals surface area contributed by atoms with Gasteiger partial charge in [0.2, 0.25) is 0 Å². The van der Waals surface area contributed by atoms with Crippen LogP contribution in [0.25, 0.3) is 10.1 Å². The van der Waals surface area contributed by atoms with Gasteiger partial charge in [-0.2, -0.15) is 0 Å². The first-order valence-electron chi connectivity index (χ1n) is 6.00. The Labute approximate surface area is 136 Å². The summed E-state index contributed by atoms with van der Waals surface area (Å²) in [6.07, 6.45) is 0. The average Bonchev–Trinajstić information content (AvgIpc) is 2.76. The van der Waals surface area contributed by atoms with Crippen LogP contribution in [-0.4, -0.2) is 0 Å². The normalized spacial score (nSPS) is 10.9. The van der Waals surface area contributed by atoms with Gasteiger partial charge < -0.3 is 5.32 Å². The lowest BCUT2D eigenvalue weighted by molar-refractivity contribution is 1.19. The molecule has 0 aliphatic heterocycles. The van der Waals surface area contributed by atoms with E-state index in [0.717, 1.165) is 21.0 Å². The molecule has 0 aliphatic carbocycles. The third-order valence-electron chi connectivity index (χ3n) is 2.99. The summed E-state index contributed by atoms with van der Waals surface area (Å²) in [5.41, 5.74) is 0.740. The van der Waals surface area contributed by atoms with Crippen molar-refractivity contribution in [2.45, 2.75) is 6.54 Å². The van der Waals surface area contributed by atoms with Gasteiger partial charge in [0, 0.05) is 15.0 Å². The van der Waals surface area contributed by atoms with Crippen LogP contribution in [0, 0.1) is 0 Å². The molecule has 0 saturated heterocycles. The summed E-state index contributed by atoms with van der Waals surface area (Å²) in [7, 11) is 0. The molecule has 0 saturated carbocycles. The maximum Gasteiger partial charge on any atom is 0.0721 e. The summed E-state index contributed by atoms with van der Waals surface area (Å²) < 4.78 is 1.18. The largest absolute Gasteiger partial charge is 0.378 e.